The molecule has 0 aliphatic heterocycles. The predicted molar refractivity (Wildman–Crippen MR) is 72.1 cm³/mol. The van der Waals surface area contributed by atoms with Gasteiger partial charge in [0.15, 0.2) is 0 Å². The first kappa shape index (κ1) is 10.8. The largest absolute Gasteiger partial charge is 0.396 e. The van der Waals surface area contributed by atoms with Gasteiger partial charge in [0.05, 0.1) is 16.6 Å². The zero-order chi connectivity index (χ0) is 12.0. The van der Waals surface area contributed by atoms with Crippen molar-refractivity contribution in [2.45, 2.75) is 32.7 Å². The van der Waals surface area contributed by atoms with E-state index in [1.807, 2.05) is 10.9 Å². The van der Waals surface area contributed by atoms with Crippen LogP contribution < -0.4 is 5.73 Å². The van der Waals surface area contributed by atoms with E-state index in [2.05, 4.69) is 31.1 Å². The average molecular weight is 247 g/mol. The summed E-state index contributed by atoms with van der Waals surface area (Å²) in [6.45, 7) is 4.34. The van der Waals surface area contributed by atoms with E-state index >= 15 is 0 Å². The van der Waals surface area contributed by atoms with E-state index in [0.717, 1.165) is 17.3 Å². The Hall–Kier alpha value is -1.29. The lowest BCUT2D eigenvalue weighted by Gasteiger charge is -2.09. The minimum atomic E-state index is 0.479. The fraction of sp³-hybridized carbons (Fsp3) is 0.462. The molecular formula is C13H17N3S. The van der Waals surface area contributed by atoms with Gasteiger partial charge in [-0.15, -0.1) is 11.3 Å². The van der Waals surface area contributed by atoms with Crippen LogP contribution in [-0.4, -0.2) is 9.78 Å². The van der Waals surface area contributed by atoms with Crippen molar-refractivity contribution in [1.29, 1.82) is 0 Å². The minimum absolute atomic E-state index is 0.479. The van der Waals surface area contributed by atoms with E-state index in [1.165, 1.54) is 22.6 Å². The highest BCUT2D eigenvalue weighted by Crippen LogP contribution is 2.40. The number of hydrogen-bond donors (Lipinski definition) is 1. The molecular weight excluding hydrogens is 230 g/mol. The molecule has 17 heavy (non-hydrogen) atoms. The molecule has 1 aliphatic carbocycles. The Bertz CT molecular complexity index is 537. The molecule has 0 saturated heterocycles. The number of aryl methyl sites for hydroxylation is 1. The highest BCUT2D eigenvalue weighted by Gasteiger charge is 2.30. The van der Waals surface area contributed by atoms with E-state index in [9.17, 15) is 0 Å². The molecule has 0 amide bonds. The van der Waals surface area contributed by atoms with E-state index < -0.39 is 0 Å². The highest BCUT2D eigenvalue weighted by molar-refractivity contribution is 7.15. The normalized spacial score (nSPS) is 17.3. The summed E-state index contributed by atoms with van der Waals surface area (Å²) in [7, 11) is 0. The quantitative estimate of drug-likeness (QED) is 0.902. The van der Waals surface area contributed by atoms with E-state index in [1.54, 1.807) is 11.3 Å². The summed E-state index contributed by atoms with van der Waals surface area (Å²) in [5.74, 6) is 0.798. The maximum Gasteiger partial charge on any atom is 0.125 e. The first-order valence-electron chi connectivity index (χ1n) is 6.06. The van der Waals surface area contributed by atoms with Gasteiger partial charge >= 0.3 is 0 Å². The smallest absolute Gasteiger partial charge is 0.125 e. The Kier molecular flexibility index (Phi) is 2.47. The van der Waals surface area contributed by atoms with Crippen LogP contribution in [0.2, 0.25) is 0 Å². The molecule has 2 aromatic heterocycles. The topological polar surface area (TPSA) is 43.8 Å². The molecule has 0 bridgehead atoms. The summed E-state index contributed by atoms with van der Waals surface area (Å²) in [5.41, 5.74) is 7.80. The van der Waals surface area contributed by atoms with Gasteiger partial charge in [-0.2, -0.15) is 5.10 Å². The van der Waals surface area contributed by atoms with Crippen LogP contribution in [-0.2, 0) is 0 Å². The molecule has 1 aliphatic rings. The summed E-state index contributed by atoms with van der Waals surface area (Å²) in [5, 5.41) is 4.66. The summed E-state index contributed by atoms with van der Waals surface area (Å²) in [6.07, 6.45) is 4.64. The molecule has 3 nitrogen and oxygen atoms in total. The standard InChI is InChI=1S/C13H17N3S/c1-8-3-6-12(17-8)13-11(14)7-16(15-13)9(2)10-4-5-10/h3,6-7,9-10H,4-5,14H2,1-2H3. The first-order valence-corrected chi connectivity index (χ1v) is 6.88. The predicted octanol–water partition coefficient (Wildman–Crippen LogP) is 3.47. The highest BCUT2D eigenvalue weighted by atomic mass is 32.1. The molecule has 0 aromatic carbocycles. The van der Waals surface area contributed by atoms with Gasteiger partial charge < -0.3 is 5.73 Å². The van der Waals surface area contributed by atoms with Crippen molar-refractivity contribution in [2.24, 2.45) is 5.92 Å². The van der Waals surface area contributed by atoms with Crippen molar-refractivity contribution in [3.63, 3.8) is 0 Å². The molecule has 3 rings (SSSR count). The third-order valence-electron chi connectivity index (χ3n) is 3.46. The fourth-order valence-electron chi connectivity index (χ4n) is 2.16. The average Bonchev–Trinajstić information content (AvgIpc) is 2.96. The van der Waals surface area contributed by atoms with Crippen LogP contribution in [0, 0.1) is 12.8 Å². The molecule has 1 unspecified atom stereocenters. The zero-order valence-corrected chi connectivity index (χ0v) is 11.0. The van der Waals surface area contributed by atoms with Crippen LogP contribution in [0.5, 0.6) is 0 Å². The Morgan fingerprint density at radius 1 is 1.47 bits per heavy atom. The van der Waals surface area contributed by atoms with E-state index in [4.69, 9.17) is 5.73 Å². The zero-order valence-electron chi connectivity index (χ0n) is 10.2. The Labute approximate surface area is 105 Å². The van der Waals surface area contributed by atoms with Crippen molar-refractivity contribution in [3.05, 3.63) is 23.2 Å². The molecule has 90 valence electrons. The maximum atomic E-state index is 6.06. The van der Waals surface area contributed by atoms with Crippen molar-refractivity contribution < 1.29 is 0 Å². The number of nitrogens with zero attached hydrogens (tertiary/aromatic N) is 2. The fourth-order valence-corrected chi connectivity index (χ4v) is 3.04. The molecule has 1 saturated carbocycles. The van der Waals surface area contributed by atoms with Crippen LogP contribution in [0.15, 0.2) is 18.3 Å². The Morgan fingerprint density at radius 2 is 2.24 bits per heavy atom. The number of thiophene rings is 1. The number of nitrogens with two attached hydrogens (primary N) is 1. The van der Waals surface area contributed by atoms with Crippen LogP contribution >= 0.6 is 11.3 Å². The van der Waals surface area contributed by atoms with Crippen LogP contribution in [0.3, 0.4) is 0 Å². The third kappa shape index (κ3) is 1.97. The van der Waals surface area contributed by atoms with Crippen molar-refractivity contribution >= 4 is 17.0 Å². The minimum Gasteiger partial charge on any atom is -0.396 e. The molecule has 1 fully saturated rings. The van der Waals surface area contributed by atoms with Gasteiger partial charge in [0.25, 0.3) is 0 Å². The molecule has 4 heteroatoms. The molecule has 0 radical (unpaired) electrons. The second kappa shape index (κ2) is 3.88. The van der Waals surface area contributed by atoms with E-state index in [0.29, 0.717) is 6.04 Å². The lowest BCUT2D eigenvalue weighted by Crippen LogP contribution is -2.07. The third-order valence-corrected chi connectivity index (χ3v) is 4.46. The molecule has 2 aromatic rings. The molecule has 2 N–H and O–H groups in total. The second-order valence-electron chi connectivity index (χ2n) is 4.90. The maximum absolute atomic E-state index is 6.06. The lowest BCUT2D eigenvalue weighted by atomic mass is 10.2. The number of anilines is 1. The van der Waals surface area contributed by atoms with Crippen LogP contribution in [0.4, 0.5) is 5.69 Å². The number of rotatable bonds is 3. The van der Waals surface area contributed by atoms with Crippen LogP contribution in [0.25, 0.3) is 10.6 Å². The van der Waals surface area contributed by atoms with Gasteiger partial charge in [0.1, 0.15) is 5.69 Å². The molecule has 1 atom stereocenters. The molecule has 2 heterocycles. The second-order valence-corrected chi connectivity index (χ2v) is 6.19. The van der Waals surface area contributed by atoms with Gasteiger partial charge in [-0.05, 0) is 44.7 Å². The summed E-state index contributed by atoms with van der Waals surface area (Å²) < 4.78 is 2.04. The van der Waals surface area contributed by atoms with Crippen LogP contribution in [0.1, 0.15) is 30.7 Å². The van der Waals surface area contributed by atoms with Crippen molar-refractivity contribution in [3.8, 4) is 10.6 Å². The SMILES string of the molecule is Cc1ccc(-c2nn(C(C)C3CC3)cc2N)s1. The van der Waals surface area contributed by atoms with Gasteiger partial charge in [-0.1, -0.05) is 0 Å². The van der Waals surface area contributed by atoms with Gasteiger partial charge in [-0.25, -0.2) is 0 Å². The number of aromatic nitrogens is 2. The lowest BCUT2D eigenvalue weighted by molar-refractivity contribution is 0.441. The Morgan fingerprint density at radius 3 is 2.82 bits per heavy atom. The van der Waals surface area contributed by atoms with Crippen molar-refractivity contribution in [1.82, 2.24) is 9.78 Å². The first-order chi connectivity index (χ1) is 8.15. The van der Waals surface area contributed by atoms with E-state index in [-0.39, 0.29) is 0 Å². The number of hydrogen-bond acceptors (Lipinski definition) is 3. The Balaban J connectivity index is 1.95. The number of nitrogen functional groups attached to an aromatic ring is 1. The summed E-state index contributed by atoms with van der Waals surface area (Å²) >= 11 is 1.75. The molecule has 0 spiro atoms. The monoisotopic (exact) mass is 247 g/mol. The van der Waals surface area contributed by atoms with Crippen molar-refractivity contribution in [2.75, 3.05) is 5.73 Å². The summed E-state index contributed by atoms with van der Waals surface area (Å²) in [6, 6.07) is 4.69. The summed E-state index contributed by atoms with van der Waals surface area (Å²) in [4.78, 5) is 2.46. The van der Waals surface area contributed by atoms with Gasteiger partial charge in [-0.3, -0.25) is 4.68 Å². The van der Waals surface area contributed by atoms with Gasteiger partial charge in [0.2, 0.25) is 0 Å². The van der Waals surface area contributed by atoms with Gasteiger partial charge in [0, 0.05) is 11.1 Å².